The summed E-state index contributed by atoms with van der Waals surface area (Å²) in [4.78, 5) is 37.9. The molecule has 4 rings (SSSR count). The van der Waals surface area contributed by atoms with E-state index in [4.69, 9.17) is 10.00 Å². The summed E-state index contributed by atoms with van der Waals surface area (Å²) < 4.78 is 21.2. The number of nitrogens with one attached hydrogen (secondary N) is 2. The highest BCUT2D eigenvalue weighted by Gasteiger charge is 2.16. The summed E-state index contributed by atoms with van der Waals surface area (Å²) in [5.74, 6) is -0.284. The normalized spacial score (nSPS) is 10.8. The molecule has 0 aliphatic carbocycles. The van der Waals surface area contributed by atoms with Crippen LogP contribution in [-0.4, -0.2) is 19.7 Å². The Morgan fingerprint density at radius 3 is 2.52 bits per heavy atom. The van der Waals surface area contributed by atoms with Crippen LogP contribution in [0.1, 0.15) is 16.7 Å². The molecule has 10 heteroatoms. The van der Waals surface area contributed by atoms with Crippen LogP contribution in [0.3, 0.4) is 0 Å². The summed E-state index contributed by atoms with van der Waals surface area (Å²) in [7, 11) is 0. The van der Waals surface area contributed by atoms with Crippen LogP contribution in [-0.2, 0) is 0 Å². The predicted molar refractivity (Wildman–Crippen MR) is 109 cm³/mol. The van der Waals surface area contributed by atoms with E-state index in [-0.39, 0.29) is 22.2 Å². The second kappa shape index (κ2) is 7.38. The lowest BCUT2D eigenvalue weighted by Gasteiger charge is -2.15. The second-order valence-corrected chi connectivity index (χ2v) is 6.81. The molecule has 0 saturated heterocycles. The van der Waals surface area contributed by atoms with Crippen molar-refractivity contribution in [2.75, 3.05) is 0 Å². The van der Waals surface area contributed by atoms with Crippen LogP contribution < -0.4 is 21.5 Å². The lowest BCUT2D eigenvalue weighted by atomic mass is 10.1. The smallest absolute Gasteiger partial charge is 0.332 e. The maximum absolute atomic E-state index is 14.1. The van der Waals surface area contributed by atoms with Gasteiger partial charge in [-0.1, -0.05) is 6.07 Å². The molecule has 0 fully saturated rings. The topological polar surface area (TPSA) is 134 Å². The maximum atomic E-state index is 14.1. The first kappa shape index (κ1) is 19.8. The van der Waals surface area contributed by atoms with Gasteiger partial charge in [0.25, 0.3) is 11.1 Å². The van der Waals surface area contributed by atoms with Gasteiger partial charge in [0, 0.05) is 6.20 Å². The third-order valence-electron chi connectivity index (χ3n) is 4.71. The van der Waals surface area contributed by atoms with Crippen molar-refractivity contribution in [3.05, 3.63) is 90.2 Å². The second-order valence-electron chi connectivity index (χ2n) is 6.81. The van der Waals surface area contributed by atoms with Crippen LogP contribution in [0, 0.1) is 31.0 Å². The van der Waals surface area contributed by atoms with Gasteiger partial charge in [0.2, 0.25) is 5.88 Å². The summed E-state index contributed by atoms with van der Waals surface area (Å²) in [6.07, 6.45) is 1.16. The van der Waals surface area contributed by atoms with E-state index < -0.39 is 22.6 Å². The van der Waals surface area contributed by atoms with Gasteiger partial charge >= 0.3 is 5.69 Å². The van der Waals surface area contributed by atoms with Gasteiger partial charge in [-0.3, -0.25) is 19.1 Å². The van der Waals surface area contributed by atoms with E-state index in [1.54, 1.807) is 32.0 Å². The van der Waals surface area contributed by atoms with E-state index in [1.807, 2.05) is 0 Å². The number of aryl methyl sites for hydroxylation is 2. The van der Waals surface area contributed by atoms with Gasteiger partial charge in [0.15, 0.2) is 0 Å². The fraction of sp³-hybridized carbons (Fsp3) is 0.0952. The Bertz CT molecular complexity index is 1550. The van der Waals surface area contributed by atoms with Crippen LogP contribution in [0.5, 0.6) is 11.6 Å². The Morgan fingerprint density at radius 2 is 1.84 bits per heavy atom. The molecule has 154 valence electrons. The number of aromatic nitrogens is 4. The van der Waals surface area contributed by atoms with E-state index in [2.05, 4.69) is 15.2 Å². The fourth-order valence-corrected chi connectivity index (χ4v) is 3.30. The summed E-state index contributed by atoms with van der Waals surface area (Å²) in [6.45, 7) is 3.45. The average Bonchev–Trinajstić information content (AvgIpc) is 2.72. The third kappa shape index (κ3) is 3.38. The van der Waals surface area contributed by atoms with Gasteiger partial charge < -0.3 is 4.74 Å². The van der Waals surface area contributed by atoms with E-state index >= 15 is 0 Å². The molecule has 0 atom stereocenters. The first-order valence-electron chi connectivity index (χ1n) is 9.02. The zero-order valence-electron chi connectivity index (χ0n) is 16.3. The predicted octanol–water partition coefficient (Wildman–Crippen LogP) is 2.18. The van der Waals surface area contributed by atoms with Gasteiger partial charge in [-0.05, 0) is 49.2 Å². The number of nitrogens with zero attached hydrogens (tertiary/aromatic N) is 3. The molecule has 0 saturated carbocycles. The van der Waals surface area contributed by atoms with Crippen molar-refractivity contribution in [2.24, 2.45) is 0 Å². The van der Waals surface area contributed by atoms with Crippen molar-refractivity contribution in [3.8, 4) is 23.4 Å². The van der Waals surface area contributed by atoms with E-state index in [0.29, 0.717) is 22.6 Å². The van der Waals surface area contributed by atoms with Crippen LogP contribution in [0.2, 0.25) is 0 Å². The molecular weight excluding hydrogens is 405 g/mol. The van der Waals surface area contributed by atoms with Crippen molar-refractivity contribution >= 4 is 10.8 Å². The molecule has 0 unspecified atom stereocenters. The standard InChI is InChI=1S/C21H14FN5O4/c1-10-6-13(27-9-12(8-23)18(28)24-21(27)30)7-11(2)17(10)31-20-14-4-3-5-15(22)16(14)19(29)25-26-20/h3-7,9H,1-2H3,(H,25,29)(H,24,28,30). The minimum absolute atomic E-state index is 0.0148. The van der Waals surface area contributed by atoms with E-state index in [9.17, 15) is 18.8 Å². The van der Waals surface area contributed by atoms with Crippen molar-refractivity contribution in [3.63, 3.8) is 0 Å². The fourth-order valence-electron chi connectivity index (χ4n) is 3.30. The molecule has 2 N–H and O–H groups in total. The molecule has 4 aromatic rings. The Balaban J connectivity index is 1.83. The first-order valence-corrected chi connectivity index (χ1v) is 9.02. The molecule has 0 aliphatic rings. The summed E-state index contributed by atoms with van der Waals surface area (Å²) >= 11 is 0. The number of benzene rings is 2. The quantitative estimate of drug-likeness (QED) is 0.523. The largest absolute Gasteiger partial charge is 0.437 e. The number of nitriles is 1. The van der Waals surface area contributed by atoms with E-state index in [1.165, 1.54) is 18.2 Å². The van der Waals surface area contributed by atoms with Gasteiger partial charge in [-0.15, -0.1) is 5.10 Å². The minimum atomic E-state index is -0.764. The van der Waals surface area contributed by atoms with Gasteiger partial charge in [-0.25, -0.2) is 14.3 Å². The van der Waals surface area contributed by atoms with Crippen molar-refractivity contribution < 1.29 is 9.13 Å². The lowest BCUT2D eigenvalue weighted by Crippen LogP contribution is -2.30. The average molecular weight is 419 g/mol. The summed E-state index contributed by atoms with van der Waals surface area (Å²) in [6, 6.07) is 9.13. The van der Waals surface area contributed by atoms with Crippen LogP contribution >= 0.6 is 0 Å². The Kier molecular flexibility index (Phi) is 4.71. The molecule has 9 nitrogen and oxygen atoms in total. The molecule has 2 heterocycles. The summed E-state index contributed by atoms with van der Waals surface area (Å²) in [5, 5.41) is 15.2. The SMILES string of the molecule is Cc1cc(-n2cc(C#N)c(=O)[nH]c2=O)cc(C)c1Oc1n[nH]c(=O)c2c(F)cccc12. The van der Waals surface area contributed by atoms with Gasteiger partial charge in [0.05, 0.1) is 16.5 Å². The molecule has 31 heavy (non-hydrogen) atoms. The Morgan fingerprint density at radius 1 is 1.13 bits per heavy atom. The van der Waals surface area contributed by atoms with Crippen LogP contribution in [0.15, 0.2) is 50.9 Å². The number of hydrogen-bond donors (Lipinski definition) is 2. The van der Waals surface area contributed by atoms with Crippen molar-refractivity contribution in [2.45, 2.75) is 13.8 Å². The molecule has 0 amide bonds. The highest BCUT2D eigenvalue weighted by molar-refractivity contribution is 5.86. The van der Waals surface area contributed by atoms with Crippen LogP contribution in [0.4, 0.5) is 4.39 Å². The molecule has 0 radical (unpaired) electrons. The number of aromatic amines is 2. The summed E-state index contributed by atoms with van der Waals surface area (Å²) in [5.41, 5.74) is -0.726. The van der Waals surface area contributed by atoms with Gasteiger partial charge in [-0.2, -0.15) is 5.26 Å². The number of halogens is 1. The third-order valence-corrected chi connectivity index (χ3v) is 4.71. The number of fused-ring (bicyclic) bond motifs is 1. The zero-order valence-corrected chi connectivity index (χ0v) is 16.3. The number of rotatable bonds is 3. The number of hydrogen-bond acceptors (Lipinski definition) is 6. The lowest BCUT2D eigenvalue weighted by molar-refractivity contribution is 0.454. The van der Waals surface area contributed by atoms with Crippen LogP contribution in [0.25, 0.3) is 16.5 Å². The van der Waals surface area contributed by atoms with Crippen molar-refractivity contribution in [1.82, 2.24) is 19.7 Å². The number of H-pyrrole nitrogens is 2. The highest BCUT2D eigenvalue weighted by Crippen LogP contribution is 2.32. The van der Waals surface area contributed by atoms with E-state index in [0.717, 1.165) is 10.8 Å². The maximum Gasteiger partial charge on any atom is 0.332 e. The molecular formula is C21H14FN5O4. The molecule has 0 bridgehead atoms. The number of ether oxygens (including phenoxy) is 1. The van der Waals surface area contributed by atoms with Gasteiger partial charge in [0.1, 0.15) is 23.2 Å². The first-order chi connectivity index (χ1) is 14.8. The Hall–Kier alpha value is -4.52. The van der Waals surface area contributed by atoms with Crippen molar-refractivity contribution in [1.29, 1.82) is 5.26 Å². The molecule has 0 spiro atoms. The molecule has 2 aromatic carbocycles. The monoisotopic (exact) mass is 419 g/mol. The zero-order chi connectivity index (χ0) is 22.3. The molecule has 0 aliphatic heterocycles. The molecule has 2 aromatic heterocycles. The Labute approximate surface area is 173 Å². The highest BCUT2D eigenvalue weighted by atomic mass is 19.1. The minimum Gasteiger partial charge on any atom is -0.437 e.